The normalized spacial score (nSPS) is 15.5. The smallest absolute Gasteiger partial charge is 0.134 e. The Bertz CT molecular complexity index is 832. The van der Waals surface area contributed by atoms with Crippen LogP contribution in [0.15, 0.2) is 41.1 Å². The fourth-order valence-corrected chi connectivity index (χ4v) is 3.08. The fourth-order valence-electron chi connectivity index (χ4n) is 3.08. The van der Waals surface area contributed by atoms with Crippen molar-refractivity contribution in [2.24, 2.45) is 7.05 Å². The van der Waals surface area contributed by atoms with Crippen LogP contribution in [0.2, 0.25) is 0 Å². The lowest BCUT2D eigenvalue weighted by Crippen LogP contribution is -2.36. The summed E-state index contributed by atoms with van der Waals surface area (Å²) >= 11 is 0. The number of rotatable bonds is 6. The van der Waals surface area contributed by atoms with Gasteiger partial charge in [-0.2, -0.15) is 5.10 Å². The van der Waals surface area contributed by atoms with Gasteiger partial charge in [-0.3, -0.25) is 4.68 Å². The molecule has 0 fully saturated rings. The maximum absolute atomic E-state index is 10.7. The fraction of sp³-hybridized carbons (Fsp3) is 0.421. The Kier molecular flexibility index (Phi) is 4.47. The summed E-state index contributed by atoms with van der Waals surface area (Å²) in [4.78, 5) is 0. The van der Waals surface area contributed by atoms with Gasteiger partial charge in [-0.05, 0) is 26.3 Å². The molecule has 0 aliphatic carbocycles. The van der Waals surface area contributed by atoms with E-state index in [0.29, 0.717) is 6.54 Å². The van der Waals surface area contributed by atoms with Crippen molar-refractivity contribution >= 4 is 11.0 Å². The second kappa shape index (κ2) is 6.42. The Morgan fingerprint density at radius 1 is 1.38 bits per heavy atom. The second-order valence-electron chi connectivity index (χ2n) is 6.57. The number of nitrogens with one attached hydrogen (secondary N) is 1. The number of benzene rings is 1. The number of aliphatic hydroxyl groups is 1. The molecule has 0 spiro atoms. The zero-order valence-corrected chi connectivity index (χ0v) is 14.7. The van der Waals surface area contributed by atoms with Crippen molar-refractivity contribution in [2.75, 3.05) is 6.54 Å². The van der Waals surface area contributed by atoms with E-state index in [1.54, 1.807) is 17.8 Å². The minimum absolute atomic E-state index is 0.00972. The zero-order valence-electron chi connectivity index (χ0n) is 14.7. The second-order valence-corrected chi connectivity index (χ2v) is 6.57. The van der Waals surface area contributed by atoms with E-state index in [1.165, 1.54) is 10.9 Å². The standard InChI is InChI=1S/C19H25N3O2/c1-5-15-16-8-6-7-9-17(16)24-18(15)13(2)20-12-19(3,23)14-10-21-22(4)11-14/h6-11,13,20,23H,5,12H2,1-4H3/t13-,19+/m0/s1. The van der Waals surface area contributed by atoms with Crippen LogP contribution in [-0.2, 0) is 19.1 Å². The van der Waals surface area contributed by atoms with Gasteiger partial charge < -0.3 is 14.8 Å². The summed E-state index contributed by atoms with van der Waals surface area (Å²) in [6.45, 7) is 6.42. The molecule has 2 N–H and O–H groups in total. The first-order chi connectivity index (χ1) is 11.4. The lowest BCUT2D eigenvalue weighted by atomic mass is 9.98. The third-order valence-corrected chi connectivity index (χ3v) is 4.56. The van der Waals surface area contributed by atoms with Gasteiger partial charge in [-0.25, -0.2) is 0 Å². The Balaban J connectivity index is 1.79. The Hall–Kier alpha value is -2.11. The van der Waals surface area contributed by atoms with E-state index in [0.717, 1.165) is 23.3 Å². The van der Waals surface area contributed by atoms with Gasteiger partial charge >= 0.3 is 0 Å². The molecule has 0 aliphatic rings. The average Bonchev–Trinajstić information content (AvgIpc) is 3.16. The minimum atomic E-state index is -0.985. The molecular formula is C19H25N3O2. The number of aryl methyl sites for hydroxylation is 2. The van der Waals surface area contributed by atoms with Gasteiger partial charge in [0.05, 0.1) is 12.2 Å². The Labute approximate surface area is 142 Å². The molecule has 5 heteroatoms. The van der Waals surface area contributed by atoms with Crippen molar-refractivity contribution in [3.63, 3.8) is 0 Å². The van der Waals surface area contributed by atoms with Crippen LogP contribution in [0, 0.1) is 0 Å². The molecule has 0 aliphatic heterocycles. The van der Waals surface area contributed by atoms with Gasteiger partial charge in [-0.1, -0.05) is 25.1 Å². The number of aromatic nitrogens is 2. The van der Waals surface area contributed by atoms with E-state index < -0.39 is 5.60 Å². The molecular weight excluding hydrogens is 302 g/mol. The Morgan fingerprint density at radius 2 is 2.12 bits per heavy atom. The highest BCUT2D eigenvalue weighted by atomic mass is 16.3. The number of hydrogen-bond donors (Lipinski definition) is 2. The third-order valence-electron chi connectivity index (χ3n) is 4.56. The average molecular weight is 327 g/mol. The molecule has 0 unspecified atom stereocenters. The van der Waals surface area contributed by atoms with Gasteiger partial charge in [0.1, 0.15) is 16.9 Å². The summed E-state index contributed by atoms with van der Waals surface area (Å²) in [5.41, 5.74) is 1.95. The summed E-state index contributed by atoms with van der Waals surface area (Å²) in [5, 5.41) is 19.4. The molecule has 2 atom stereocenters. The first-order valence-corrected chi connectivity index (χ1v) is 8.37. The predicted molar refractivity (Wildman–Crippen MR) is 94.8 cm³/mol. The summed E-state index contributed by atoms with van der Waals surface area (Å²) in [6, 6.07) is 8.12. The quantitative estimate of drug-likeness (QED) is 0.729. The number of hydrogen-bond acceptors (Lipinski definition) is 4. The number of fused-ring (bicyclic) bond motifs is 1. The van der Waals surface area contributed by atoms with E-state index in [2.05, 4.69) is 30.3 Å². The van der Waals surface area contributed by atoms with E-state index in [1.807, 2.05) is 31.4 Å². The van der Waals surface area contributed by atoms with Gasteiger partial charge in [0.25, 0.3) is 0 Å². The maximum Gasteiger partial charge on any atom is 0.134 e. The van der Waals surface area contributed by atoms with E-state index in [9.17, 15) is 5.11 Å². The Morgan fingerprint density at radius 3 is 2.79 bits per heavy atom. The first-order valence-electron chi connectivity index (χ1n) is 8.37. The third kappa shape index (κ3) is 3.09. The van der Waals surface area contributed by atoms with Crippen LogP contribution in [0.5, 0.6) is 0 Å². The largest absolute Gasteiger partial charge is 0.459 e. The minimum Gasteiger partial charge on any atom is -0.459 e. The molecule has 3 aromatic rings. The first kappa shape index (κ1) is 16.7. The van der Waals surface area contributed by atoms with Crippen LogP contribution >= 0.6 is 0 Å². The van der Waals surface area contributed by atoms with Crippen molar-refractivity contribution in [2.45, 2.75) is 38.8 Å². The van der Waals surface area contributed by atoms with Crippen LogP contribution in [0.25, 0.3) is 11.0 Å². The molecule has 0 bridgehead atoms. The van der Waals surface area contributed by atoms with Crippen molar-refractivity contribution in [3.05, 3.63) is 53.5 Å². The van der Waals surface area contributed by atoms with Crippen LogP contribution in [0.3, 0.4) is 0 Å². The van der Waals surface area contributed by atoms with E-state index >= 15 is 0 Å². The zero-order chi connectivity index (χ0) is 17.3. The molecule has 2 heterocycles. The van der Waals surface area contributed by atoms with Crippen LogP contribution < -0.4 is 5.32 Å². The monoisotopic (exact) mass is 327 g/mol. The lowest BCUT2D eigenvalue weighted by Gasteiger charge is -2.24. The van der Waals surface area contributed by atoms with Gasteiger partial charge in [0.2, 0.25) is 0 Å². The molecule has 1 aromatic carbocycles. The molecule has 128 valence electrons. The van der Waals surface area contributed by atoms with Crippen molar-refractivity contribution in [1.82, 2.24) is 15.1 Å². The summed E-state index contributed by atoms with van der Waals surface area (Å²) in [6.07, 6.45) is 4.45. The summed E-state index contributed by atoms with van der Waals surface area (Å²) < 4.78 is 7.76. The molecule has 5 nitrogen and oxygen atoms in total. The summed E-state index contributed by atoms with van der Waals surface area (Å²) in [7, 11) is 1.84. The highest BCUT2D eigenvalue weighted by Gasteiger charge is 2.26. The molecule has 3 rings (SSSR count). The highest BCUT2D eigenvalue weighted by Crippen LogP contribution is 2.31. The molecule has 24 heavy (non-hydrogen) atoms. The molecule has 0 saturated carbocycles. The SMILES string of the molecule is CCc1c([C@H](C)NC[C@@](C)(O)c2cnn(C)c2)oc2ccccc12. The molecule has 0 amide bonds. The van der Waals surface area contributed by atoms with Crippen LogP contribution in [0.4, 0.5) is 0 Å². The number of nitrogens with zero attached hydrogens (tertiary/aromatic N) is 2. The number of furan rings is 1. The van der Waals surface area contributed by atoms with Crippen molar-refractivity contribution in [3.8, 4) is 0 Å². The van der Waals surface area contributed by atoms with E-state index in [4.69, 9.17) is 4.42 Å². The molecule has 2 aromatic heterocycles. The van der Waals surface area contributed by atoms with Crippen LogP contribution in [-0.4, -0.2) is 21.4 Å². The van der Waals surface area contributed by atoms with Crippen LogP contribution in [0.1, 0.15) is 43.7 Å². The predicted octanol–water partition coefficient (Wildman–Crippen LogP) is 3.29. The highest BCUT2D eigenvalue weighted by molar-refractivity contribution is 5.82. The maximum atomic E-state index is 10.7. The van der Waals surface area contributed by atoms with Gasteiger partial charge in [0.15, 0.2) is 0 Å². The topological polar surface area (TPSA) is 63.2 Å². The molecule has 0 saturated heterocycles. The summed E-state index contributed by atoms with van der Waals surface area (Å²) in [5.74, 6) is 0.945. The van der Waals surface area contributed by atoms with Crippen molar-refractivity contribution in [1.29, 1.82) is 0 Å². The van der Waals surface area contributed by atoms with Gasteiger partial charge in [-0.15, -0.1) is 0 Å². The molecule has 0 radical (unpaired) electrons. The van der Waals surface area contributed by atoms with Crippen molar-refractivity contribution < 1.29 is 9.52 Å². The lowest BCUT2D eigenvalue weighted by molar-refractivity contribution is 0.0536. The number of para-hydroxylation sites is 1. The van der Waals surface area contributed by atoms with Gasteiger partial charge in [0, 0.05) is 36.3 Å². The van der Waals surface area contributed by atoms with E-state index in [-0.39, 0.29) is 6.04 Å².